The number of benzene rings is 1. The summed E-state index contributed by atoms with van der Waals surface area (Å²) in [5.74, 6) is -1.30. The first-order chi connectivity index (χ1) is 16.6. The van der Waals surface area contributed by atoms with Crippen LogP contribution >= 0.6 is 11.8 Å². The highest BCUT2D eigenvalue weighted by atomic mass is 32.2. The van der Waals surface area contributed by atoms with Gasteiger partial charge in [0.05, 0.1) is 11.9 Å². The lowest BCUT2D eigenvalue weighted by molar-refractivity contribution is -0.149. The zero-order valence-corrected chi connectivity index (χ0v) is 21.9. The molecule has 194 valence electrons. The molecular formula is C26H38N2O6S. The maximum Gasteiger partial charge on any atom is 0.328 e. The number of carbonyl (C=O) groups excluding carboxylic acids is 4. The zero-order chi connectivity index (χ0) is 26.0. The summed E-state index contributed by atoms with van der Waals surface area (Å²) >= 11 is 0.965. The molecule has 1 aromatic rings. The van der Waals surface area contributed by atoms with E-state index < -0.39 is 28.7 Å². The Balaban J connectivity index is 2.22. The smallest absolute Gasteiger partial charge is 0.328 e. The molecule has 9 heteroatoms. The van der Waals surface area contributed by atoms with Gasteiger partial charge in [-0.25, -0.2) is 4.79 Å². The van der Waals surface area contributed by atoms with Gasteiger partial charge in [0.25, 0.3) is 0 Å². The number of nitrogens with one attached hydrogen (secondary N) is 2. The number of thioether (sulfide) groups is 1. The quantitative estimate of drug-likeness (QED) is 0.293. The van der Waals surface area contributed by atoms with Crippen molar-refractivity contribution >= 4 is 34.7 Å². The largest absolute Gasteiger partial charge is 0.508 e. The standard InChI is InChI=1S/C26H38N2O6S/c1-5-6-15-34-24(32)21(16-19-9-11-20(30)12-10-19)27-25(33)26(13-7-8-14-26)28-23(31)22(17(2)3)35-18(4)29/h9-12,17,21-22,30H,5-8,13-16H2,1-4H3,(H,27,33)(H,28,31)/t21-,22-/m1/s1. The van der Waals surface area contributed by atoms with Gasteiger partial charge in [-0.05, 0) is 42.9 Å². The molecule has 1 aliphatic carbocycles. The molecule has 35 heavy (non-hydrogen) atoms. The third-order valence-corrected chi connectivity index (χ3v) is 7.46. The van der Waals surface area contributed by atoms with Crippen LogP contribution in [0.2, 0.25) is 0 Å². The Labute approximate surface area is 212 Å². The van der Waals surface area contributed by atoms with Crippen LogP contribution in [0.1, 0.15) is 71.8 Å². The van der Waals surface area contributed by atoms with Crippen molar-refractivity contribution in [2.24, 2.45) is 5.92 Å². The highest BCUT2D eigenvalue weighted by Gasteiger charge is 2.45. The first kappa shape index (κ1) is 28.7. The molecule has 1 aliphatic rings. The van der Waals surface area contributed by atoms with Gasteiger partial charge in [0.2, 0.25) is 11.8 Å². The molecule has 0 aromatic heterocycles. The van der Waals surface area contributed by atoms with Gasteiger partial charge in [-0.15, -0.1) is 0 Å². The van der Waals surface area contributed by atoms with Gasteiger partial charge >= 0.3 is 5.97 Å². The minimum atomic E-state index is -1.14. The number of carbonyl (C=O) groups is 4. The molecule has 0 heterocycles. The fourth-order valence-electron chi connectivity index (χ4n) is 4.14. The van der Waals surface area contributed by atoms with Crippen molar-refractivity contribution in [3.63, 3.8) is 0 Å². The minimum absolute atomic E-state index is 0.0961. The number of amides is 2. The Morgan fingerprint density at radius 1 is 1.11 bits per heavy atom. The van der Waals surface area contributed by atoms with Gasteiger partial charge in [0.15, 0.2) is 5.12 Å². The van der Waals surface area contributed by atoms with Gasteiger partial charge in [0.1, 0.15) is 17.3 Å². The topological polar surface area (TPSA) is 122 Å². The molecule has 0 unspecified atom stereocenters. The van der Waals surface area contributed by atoms with E-state index in [-0.39, 0.29) is 35.7 Å². The lowest BCUT2D eigenvalue weighted by Gasteiger charge is -2.33. The van der Waals surface area contributed by atoms with Gasteiger partial charge < -0.3 is 20.5 Å². The number of hydrogen-bond donors (Lipinski definition) is 3. The highest BCUT2D eigenvalue weighted by molar-refractivity contribution is 8.14. The van der Waals surface area contributed by atoms with Crippen LogP contribution in [0.3, 0.4) is 0 Å². The maximum atomic E-state index is 13.6. The Kier molecular flexibility index (Phi) is 11.1. The molecule has 3 N–H and O–H groups in total. The van der Waals surface area contributed by atoms with E-state index in [4.69, 9.17) is 4.74 Å². The molecular weight excluding hydrogens is 468 g/mol. The predicted molar refractivity (Wildman–Crippen MR) is 136 cm³/mol. The van der Waals surface area contributed by atoms with Crippen molar-refractivity contribution < 1.29 is 29.0 Å². The van der Waals surface area contributed by atoms with Crippen molar-refractivity contribution in [1.29, 1.82) is 0 Å². The Hall–Kier alpha value is -2.55. The Morgan fingerprint density at radius 2 is 1.74 bits per heavy atom. The molecule has 2 amide bonds. The van der Waals surface area contributed by atoms with Gasteiger partial charge in [-0.1, -0.05) is 63.9 Å². The Bertz CT molecular complexity index is 880. The van der Waals surface area contributed by atoms with E-state index in [0.29, 0.717) is 12.8 Å². The lowest BCUT2D eigenvalue weighted by Crippen LogP contribution is -2.61. The summed E-state index contributed by atoms with van der Waals surface area (Å²) in [5.41, 5.74) is -0.388. The van der Waals surface area contributed by atoms with Crippen LogP contribution in [0.4, 0.5) is 0 Å². The number of rotatable bonds is 12. The number of phenolic OH excluding ortho intramolecular Hbond substituents is 1. The van der Waals surface area contributed by atoms with Crippen LogP contribution in [0.25, 0.3) is 0 Å². The number of unbranched alkanes of at least 4 members (excludes halogenated alkanes) is 1. The van der Waals surface area contributed by atoms with E-state index >= 15 is 0 Å². The summed E-state index contributed by atoms with van der Waals surface area (Å²) in [6, 6.07) is 5.48. The molecule has 0 spiro atoms. The van der Waals surface area contributed by atoms with Gasteiger partial charge in [-0.3, -0.25) is 14.4 Å². The third kappa shape index (κ3) is 8.56. The predicted octanol–water partition coefficient (Wildman–Crippen LogP) is 3.50. The number of ether oxygens (including phenoxy) is 1. The summed E-state index contributed by atoms with van der Waals surface area (Å²) in [7, 11) is 0. The van der Waals surface area contributed by atoms with E-state index in [2.05, 4.69) is 10.6 Å². The van der Waals surface area contributed by atoms with Crippen LogP contribution in [-0.4, -0.2) is 51.4 Å². The van der Waals surface area contributed by atoms with Crippen molar-refractivity contribution in [3.8, 4) is 5.75 Å². The summed E-state index contributed by atoms with van der Waals surface area (Å²) in [5, 5.41) is 14.6. The molecule has 0 radical (unpaired) electrons. The number of aromatic hydroxyl groups is 1. The highest BCUT2D eigenvalue weighted by Crippen LogP contribution is 2.32. The third-order valence-electron chi connectivity index (χ3n) is 6.12. The van der Waals surface area contributed by atoms with Crippen LogP contribution in [0.15, 0.2) is 24.3 Å². The average molecular weight is 507 g/mol. The van der Waals surface area contributed by atoms with Crippen LogP contribution in [0.5, 0.6) is 5.75 Å². The summed E-state index contributed by atoms with van der Waals surface area (Å²) in [6.45, 7) is 7.40. The fourth-order valence-corrected chi connectivity index (χ4v) is 4.94. The van der Waals surface area contributed by atoms with E-state index in [1.165, 1.54) is 19.1 Å². The first-order valence-corrected chi connectivity index (χ1v) is 13.2. The molecule has 2 rings (SSSR count). The van der Waals surface area contributed by atoms with Gasteiger partial charge in [0, 0.05) is 13.3 Å². The SMILES string of the molecule is CCCCOC(=O)[C@@H](Cc1ccc(O)cc1)NC(=O)C1(NC(=O)[C@H](SC(C)=O)C(C)C)CCCC1. The first-order valence-electron chi connectivity index (χ1n) is 12.3. The van der Waals surface area contributed by atoms with Crippen molar-refractivity contribution in [2.75, 3.05) is 6.61 Å². The molecule has 0 bridgehead atoms. The molecule has 1 aromatic carbocycles. The monoisotopic (exact) mass is 506 g/mol. The second kappa shape index (κ2) is 13.5. The molecule has 1 saturated carbocycles. The van der Waals surface area contributed by atoms with Gasteiger partial charge in [-0.2, -0.15) is 0 Å². The molecule has 8 nitrogen and oxygen atoms in total. The van der Waals surface area contributed by atoms with Crippen LogP contribution in [0, 0.1) is 5.92 Å². The fraction of sp³-hybridized carbons (Fsp3) is 0.615. The maximum absolute atomic E-state index is 13.6. The van der Waals surface area contributed by atoms with Crippen LogP contribution < -0.4 is 10.6 Å². The van der Waals surface area contributed by atoms with Crippen molar-refractivity contribution in [2.45, 2.75) is 89.5 Å². The van der Waals surface area contributed by atoms with E-state index in [0.717, 1.165) is 43.0 Å². The van der Waals surface area contributed by atoms with Crippen molar-refractivity contribution in [3.05, 3.63) is 29.8 Å². The summed E-state index contributed by atoms with van der Waals surface area (Å²) < 4.78 is 5.40. The molecule has 1 fully saturated rings. The zero-order valence-electron chi connectivity index (χ0n) is 21.1. The molecule has 2 atom stereocenters. The van der Waals surface area contributed by atoms with E-state index in [1.54, 1.807) is 12.1 Å². The molecule has 0 saturated heterocycles. The minimum Gasteiger partial charge on any atom is -0.508 e. The van der Waals surface area contributed by atoms with Crippen LogP contribution in [-0.2, 0) is 30.3 Å². The molecule has 0 aliphatic heterocycles. The number of esters is 1. The lowest BCUT2D eigenvalue weighted by atomic mass is 9.94. The number of hydrogen-bond acceptors (Lipinski definition) is 7. The Morgan fingerprint density at radius 3 is 2.29 bits per heavy atom. The summed E-state index contributed by atoms with van der Waals surface area (Å²) in [6.07, 6.45) is 4.22. The second-order valence-electron chi connectivity index (χ2n) is 9.47. The van der Waals surface area contributed by atoms with E-state index in [1.807, 2.05) is 20.8 Å². The average Bonchev–Trinajstić information content (AvgIpc) is 3.27. The second-order valence-corrected chi connectivity index (χ2v) is 10.8. The van der Waals surface area contributed by atoms with Crippen molar-refractivity contribution in [1.82, 2.24) is 10.6 Å². The number of phenols is 1. The van der Waals surface area contributed by atoms with E-state index in [9.17, 15) is 24.3 Å². The normalized spacial score (nSPS) is 16.4. The summed E-state index contributed by atoms with van der Waals surface area (Å²) in [4.78, 5) is 51.2.